The molecule has 0 aliphatic carbocycles. The van der Waals surface area contributed by atoms with E-state index in [4.69, 9.17) is 5.73 Å². The lowest BCUT2D eigenvalue weighted by Gasteiger charge is -2.11. The maximum Gasteiger partial charge on any atom is 0.389 e. The molecule has 0 fully saturated rings. The van der Waals surface area contributed by atoms with Crippen molar-refractivity contribution in [3.05, 3.63) is 20.8 Å². The molecular formula is C8H9BrF3NS. The van der Waals surface area contributed by atoms with Crippen molar-refractivity contribution in [2.75, 3.05) is 0 Å². The molecule has 14 heavy (non-hydrogen) atoms. The molecule has 1 heterocycles. The molecule has 0 bridgehead atoms. The Hall–Kier alpha value is -0.0700. The topological polar surface area (TPSA) is 26.0 Å². The summed E-state index contributed by atoms with van der Waals surface area (Å²) in [5.74, 6) is 0. The van der Waals surface area contributed by atoms with Crippen molar-refractivity contribution in [3.8, 4) is 0 Å². The summed E-state index contributed by atoms with van der Waals surface area (Å²) >= 11 is 4.59. The molecule has 0 unspecified atom stereocenters. The molecule has 1 rings (SSSR count). The largest absolute Gasteiger partial charge is 0.389 e. The zero-order valence-corrected chi connectivity index (χ0v) is 9.55. The maximum absolute atomic E-state index is 11.9. The lowest BCUT2D eigenvalue weighted by atomic mass is 10.1. The number of hydrogen-bond acceptors (Lipinski definition) is 2. The van der Waals surface area contributed by atoms with Gasteiger partial charge >= 0.3 is 6.18 Å². The molecule has 0 aliphatic heterocycles. The van der Waals surface area contributed by atoms with Gasteiger partial charge in [0.1, 0.15) is 0 Å². The molecule has 0 saturated heterocycles. The Labute approximate surface area is 92.2 Å². The fourth-order valence-electron chi connectivity index (χ4n) is 0.984. The van der Waals surface area contributed by atoms with Crippen LogP contribution in [0.4, 0.5) is 13.2 Å². The Morgan fingerprint density at radius 3 is 2.57 bits per heavy atom. The molecule has 1 nitrogen and oxygen atoms in total. The summed E-state index contributed by atoms with van der Waals surface area (Å²) in [5.41, 5.74) is 5.61. The predicted molar refractivity (Wildman–Crippen MR) is 54.2 cm³/mol. The summed E-state index contributed by atoms with van der Waals surface area (Å²) in [6.45, 7) is 0. The lowest BCUT2D eigenvalue weighted by Crippen LogP contribution is -2.14. The summed E-state index contributed by atoms with van der Waals surface area (Å²) in [5, 5.41) is 1.81. The Bertz CT molecular complexity index is 297. The van der Waals surface area contributed by atoms with Gasteiger partial charge in [-0.05, 0) is 28.4 Å². The van der Waals surface area contributed by atoms with Crippen LogP contribution in [0.1, 0.15) is 23.8 Å². The molecule has 1 atom stereocenters. The van der Waals surface area contributed by atoms with Crippen LogP contribution < -0.4 is 5.73 Å². The van der Waals surface area contributed by atoms with Gasteiger partial charge in [-0.15, -0.1) is 11.3 Å². The van der Waals surface area contributed by atoms with Crippen molar-refractivity contribution in [1.82, 2.24) is 0 Å². The van der Waals surface area contributed by atoms with E-state index < -0.39 is 18.6 Å². The number of hydrogen-bond donors (Lipinski definition) is 1. The zero-order chi connectivity index (χ0) is 10.8. The molecular weight excluding hydrogens is 279 g/mol. The second kappa shape index (κ2) is 4.63. The molecule has 0 saturated carbocycles. The summed E-state index contributed by atoms with van der Waals surface area (Å²) in [7, 11) is 0. The van der Waals surface area contributed by atoms with E-state index in [9.17, 15) is 13.2 Å². The lowest BCUT2D eigenvalue weighted by molar-refractivity contribution is -0.136. The van der Waals surface area contributed by atoms with Crippen LogP contribution in [0.2, 0.25) is 0 Å². The molecule has 0 aliphatic rings. The van der Waals surface area contributed by atoms with Gasteiger partial charge in [-0.2, -0.15) is 13.2 Å². The van der Waals surface area contributed by atoms with Gasteiger partial charge in [-0.3, -0.25) is 0 Å². The third-order valence-corrected chi connectivity index (χ3v) is 3.52. The van der Waals surface area contributed by atoms with Crippen molar-refractivity contribution in [1.29, 1.82) is 0 Å². The van der Waals surface area contributed by atoms with Crippen LogP contribution in [0.25, 0.3) is 0 Å². The first kappa shape index (κ1) is 12.0. The van der Waals surface area contributed by atoms with E-state index in [1.807, 2.05) is 5.38 Å². The molecule has 0 aromatic carbocycles. The number of nitrogens with two attached hydrogens (primary N) is 1. The van der Waals surface area contributed by atoms with Crippen LogP contribution in [0.3, 0.4) is 0 Å². The number of thiophene rings is 1. The minimum Gasteiger partial charge on any atom is -0.323 e. The van der Waals surface area contributed by atoms with Gasteiger partial charge in [0.05, 0.1) is 0 Å². The first-order valence-electron chi connectivity index (χ1n) is 3.95. The van der Waals surface area contributed by atoms with Crippen molar-refractivity contribution >= 4 is 27.3 Å². The predicted octanol–water partition coefficient (Wildman–Crippen LogP) is 3.85. The van der Waals surface area contributed by atoms with Crippen LogP contribution in [-0.4, -0.2) is 6.18 Å². The summed E-state index contributed by atoms with van der Waals surface area (Å²) in [6, 6.07) is 1.24. The van der Waals surface area contributed by atoms with Gasteiger partial charge in [0, 0.05) is 27.2 Å². The summed E-state index contributed by atoms with van der Waals surface area (Å²) in [4.78, 5) is 0.779. The number of halogens is 4. The molecule has 1 aromatic heterocycles. The maximum atomic E-state index is 11.9. The van der Waals surface area contributed by atoms with E-state index in [1.165, 1.54) is 11.3 Å². The molecule has 0 spiro atoms. The zero-order valence-electron chi connectivity index (χ0n) is 7.14. The van der Waals surface area contributed by atoms with Crippen molar-refractivity contribution in [2.24, 2.45) is 5.73 Å². The van der Waals surface area contributed by atoms with E-state index in [0.29, 0.717) is 0 Å². The summed E-state index contributed by atoms with van der Waals surface area (Å²) < 4.78 is 36.5. The fraction of sp³-hybridized carbons (Fsp3) is 0.500. The second-order valence-corrected chi connectivity index (χ2v) is 4.79. The third-order valence-electron chi connectivity index (χ3n) is 1.69. The van der Waals surface area contributed by atoms with E-state index in [0.717, 1.165) is 9.35 Å². The normalized spacial score (nSPS) is 14.4. The molecule has 0 amide bonds. The van der Waals surface area contributed by atoms with Gasteiger partial charge in [-0.25, -0.2) is 0 Å². The fourth-order valence-corrected chi connectivity index (χ4v) is 2.47. The first-order chi connectivity index (χ1) is 6.38. The van der Waals surface area contributed by atoms with Crippen molar-refractivity contribution < 1.29 is 13.2 Å². The third kappa shape index (κ3) is 3.98. The van der Waals surface area contributed by atoms with E-state index in [-0.39, 0.29) is 6.42 Å². The van der Waals surface area contributed by atoms with Gasteiger partial charge in [-0.1, -0.05) is 0 Å². The van der Waals surface area contributed by atoms with Crippen molar-refractivity contribution in [3.63, 3.8) is 0 Å². The molecule has 1 aromatic rings. The SMILES string of the molecule is N[C@H](CCC(F)(F)F)c1cc(Br)cs1. The number of alkyl halides is 3. The summed E-state index contributed by atoms with van der Waals surface area (Å²) in [6.07, 6.45) is -5.01. The minimum absolute atomic E-state index is 0.0591. The Morgan fingerprint density at radius 1 is 1.50 bits per heavy atom. The second-order valence-electron chi connectivity index (χ2n) is 2.93. The standard InChI is InChI=1S/C8H9BrF3NS/c9-5-3-7(14-4-5)6(13)1-2-8(10,11)12/h3-4,6H,1-2,13H2/t6-/m1/s1. The van der Waals surface area contributed by atoms with E-state index in [1.54, 1.807) is 6.07 Å². The van der Waals surface area contributed by atoms with Gasteiger partial charge in [0.2, 0.25) is 0 Å². The smallest absolute Gasteiger partial charge is 0.323 e. The Balaban J connectivity index is 2.47. The van der Waals surface area contributed by atoms with Crippen LogP contribution >= 0.6 is 27.3 Å². The van der Waals surface area contributed by atoms with Crippen LogP contribution in [0.5, 0.6) is 0 Å². The van der Waals surface area contributed by atoms with Crippen molar-refractivity contribution in [2.45, 2.75) is 25.1 Å². The molecule has 2 N–H and O–H groups in total. The van der Waals surface area contributed by atoms with Gasteiger partial charge in [0.15, 0.2) is 0 Å². The minimum atomic E-state index is -4.12. The number of rotatable bonds is 3. The van der Waals surface area contributed by atoms with Gasteiger partial charge in [0.25, 0.3) is 0 Å². The Kier molecular flexibility index (Phi) is 3.97. The Morgan fingerprint density at radius 2 is 2.14 bits per heavy atom. The molecule has 80 valence electrons. The highest BCUT2D eigenvalue weighted by atomic mass is 79.9. The molecule has 0 radical (unpaired) electrons. The highest BCUT2D eigenvalue weighted by Gasteiger charge is 2.28. The average molecular weight is 288 g/mol. The van der Waals surface area contributed by atoms with Gasteiger partial charge < -0.3 is 5.73 Å². The van der Waals surface area contributed by atoms with E-state index >= 15 is 0 Å². The van der Waals surface area contributed by atoms with Crippen LogP contribution in [0.15, 0.2) is 15.9 Å². The highest BCUT2D eigenvalue weighted by molar-refractivity contribution is 9.10. The van der Waals surface area contributed by atoms with Crippen LogP contribution in [-0.2, 0) is 0 Å². The first-order valence-corrected chi connectivity index (χ1v) is 5.62. The quantitative estimate of drug-likeness (QED) is 0.898. The van der Waals surface area contributed by atoms with Crippen LogP contribution in [0, 0.1) is 0 Å². The van der Waals surface area contributed by atoms with E-state index in [2.05, 4.69) is 15.9 Å². The highest BCUT2D eigenvalue weighted by Crippen LogP contribution is 2.30. The molecule has 6 heteroatoms. The average Bonchev–Trinajstić information content (AvgIpc) is 2.46. The monoisotopic (exact) mass is 287 g/mol.